The molecule has 0 aromatic heterocycles. The summed E-state index contributed by atoms with van der Waals surface area (Å²) in [5.41, 5.74) is 1.32. The highest BCUT2D eigenvalue weighted by atomic mass is 16.2. The van der Waals surface area contributed by atoms with E-state index in [1.807, 2.05) is 50.2 Å². The van der Waals surface area contributed by atoms with Crippen molar-refractivity contribution < 1.29 is 14.4 Å². The number of rotatable bonds is 6. The Morgan fingerprint density at radius 1 is 0.900 bits per heavy atom. The van der Waals surface area contributed by atoms with Gasteiger partial charge in [0.15, 0.2) is 0 Å². The van der Waals surface area contributed by atoms with Crippen molar-refractivity contribution in [3.05, 3.63) is 66.2 Å². The Balaban J connectivity index is 1.55. The summed E-state index contributed by atoms with van der Waals surface area (Å²) in [6.45, 7) is 4.87. The first-order chi connectivity index (χ1) is 14.5. The lowest BCUT2D eigenvalue weighted by Gasteiger charge is -2.35. The summed E-state index contributed by atoms with van der Waals surface area (Å²) < 4.78 is 0. The van der Waals surface area contributed by atoms with E-state index in [9.17, 15) is 14.4 Å². The Labute approximate surface area is 177 Å². The number of para-hydroxylation sites is 1. The van der Waals surface area contributed by atoms with Gasteiger partial charge in [-0.25, -0.2) is 0 Å². The predicted octanol–water partition coefficient (Wildman–Crippen LogP) is 3.32. The molecule has 6 heteroatoms. The lowest BCUT2D eigenvalue weighted by Crippen LogP contribution is -2.53. The van der Waals surface area contributed by atoms with E-state index in [-0.39, 0.29) is 29.6 Å². The highest BCUT2D eigenvalue weighted by molar-refractivity contribution is 5.97. The van der Waals surface area contributed by atoms with Crippen molar-refractivity contribution >= 4 is 23.4 Å². The van der Waals surface area contributed by atoms with Crippen LogP contribution in [0.3, 0.4) is 0 Å². The monoisotopic (exact) mass is 407 g/mol. The van der Waals surface area contributed by atoms with Crippen LogP contribution >= 0.6 is 0 Å². The van der Waals surface area contributed by atoms with Crippen LogP contribution < -0.4 is 10.6 Å². The van der Waals surface area contributed by atoms with Crippen LogP contribution in [0.2, 0.25) is 0 Å². The van der Waals surface area contributed by atoms with Crippen molar-refractivity contribution in [1.82, 2.24) is 10.2 Å². The number of benzene rings is 2. The molecule has 2 aromatic rings. The fraction of sp³-hybridized carbons (Fsp3) is 0.375. The molecule has 1 aliphatic rings. The standard InChI is InChI=1S/C24H29N3O3/c1-17(2)21(26-23(29)18-9-5-3-6-10-18)24(30)27-15-13-19(14-16-27)22(28)25-20-11-7-4-8-12-20/h3-12,17,19,21H,13-16H2,1-2H3,(H,25,28)(H,26,29). The van der Waals surface area contributed by atoms with Crippen LogP contribution in [-0.4, -0.2) is 41.8 Å². The highest BCUT2D eigenvalue weighted by Crippen LogP contribution is 2.21. The fourth-order valence-corrected chi connectivity index (χ4v) is 3.65. The maximum atomic E-state index is 13.1. The summed E-state index contributed by atoms with van der Waals surface area (Å²) in [5.74, 6) is -0.503. The molecule has 0 aliphatic carbocycles. The van der Waals surface area contributed by atoms with Crippen molar-refractivity contribution in [3.8, 4) is 0 Å². The average molecular weight is 408 g/mol. The molecule has 0 bridgehead atoms. The van der Waals surface area contributed by atoms with Crippen LogP contribution in [0.25, 0.3) is 0 Å². The molecule has 0 radical (unpaired) electrons. The van der Waals surface area contributed by atoms with Gasteiger partial charge in [0, 0.05) is 30.3 Å². The van der Waals surface area contributed by atoms with E-state index in [0.717, 1.165) is 5.69 Å². The molecule has 30 heavy (non-hydrogen) atoms. The summed E-state index contributed by atoms with van der Waals surface area (Å²) in [7, 11) is 0. The largest absolute Gasteiger partial charge is 0.341 e. The van der Waals surface area contributed by atoms with E-state index in [0.29, 0.717) is 31.5 Å². The van der Waals surface area contributed by atoms with Crippen LogP contribution in [0, 0.1) is 11.8 Å². The minimum absolute atomic E-state index is 0.00825. The zero-order valence-electron chi connectivity index (χ0n) is 17.5. The van der Waals surface area contributed by atoms with Gasteiger partial charge in [0.25, 0.3) is 5.91 Å². The van der Waals surface area contributed by atoms with E-state index in [2.05, 4.69) is 10.6 Å². The molecule has 1 unspecified atom stereocenters. The van der Waals surface area contributed by atoms with Gasteiger partial charge in [-0.1, -0.05) is 50.2 Å². The van der Waals surface area contributed by atoms with Crippen LogP contribution in [-0.2, 0) is 9.59 Å². The third kappa shape index (κ3) is 5.47. The smallest absolute Gasteiger partial charge is 0.251 e. The maximum Gasteiger partial charge on any atom is 0.251 e. The number of anilines is 1. The summed E-state index contributed by atoms with van der Waals surface area (Å²) in [4.78, 5) is 39.9. The maximum absolute atomic E-state index is 13.1. The normalized spacial score (nSPS) is 15.5. The van der Waals surface area contributed by atoms with Crippen molar-refractivity contribution in [2.24, 2.45) is 11.8 Å². The van der Waals surface area contributed by atoms with Crippen LogP contribution in [0.4, 0.5) is 5.69 Å². The second-order valence-corrected chi connectivity index (χ2v) is 8.02. The van der Waals surface area contributed by atoms with E-state index in [4.69, 9.17) is 0 Å². The topological polar surface area (TPSA) is 78.5 Å². The zero-order valence-corrected chi connectivity index (χ0v) is 17.5. The molecule has 3 amide bonds. The molecule has 0 spiro atoms. The molecule has 2 N–H and O–H groups in total. The first-order valence-corrected chi connectivity index (χ1v) is 10.5. The Morgan fingerprint density at radius 2 is 1.47 bits per heavy atom. The van der Waals surface area contributed by atoms with E-state index in [1.54, 1.807) is 29.2 Å². The van der Waals surface area contributed by atoms with E-state index in [1.165, 1.54) is 0 Å². The van der Waals surface area contributed by atoms with Gasteiger partial charge in [-0.3, -0.25) is 14.4 Å². The number of piperidine rings is 1. The summed E-state index contributed by atoms with van der Waals surface area (Å²) in [5, 5.41) is 5.83. The lowest BCUT2D eigenvalue weighted by atomic mass is 9.94. The summed E-state index contributed by atoms with van der Waals surface area (Å²) in [6.07, 6.45) is 1.23. The van der Waals surface area contributed by atoms with Gasteiger partial charge in [-0.05, 0) is 43.0 Å². The Morgan fingerprint density at radius 3 is 2.03 bits per heavy atom. The molecular weight excluding hydrogens is 378 g/mol. The number of nitrogens with one attached hydrogen (secondary N) is 2. The molecule has 158 valence electrons. The highest BCUT2D eigenvalue weighted by Gasteiger charge is 2.33. The molecule has 1 heterocycles. The van der Waals surface area contributed by atoms with Crippen molar-refractivity contribution in [1.29, 1.82) is 0 Å². The van der Waals surface area contributed by atoms with Crippen LogP contribution in [0.5, 0.6) is 0 Å². The first kappa shape index (κ1) is 21.6. The van der Waals surface area contributed by atoms with Gasteiger partial charge in [0.2, 0.25) is 11.8 Å². The Bertz CT molecular complexity index is 860. The number of nitrogens with zero attached hydrogens (tertiary/aromatic N) is 1. The second-order valence-electron chi connectivity index (χ2n) is 8.02. The third-order valence-corrected chi connectivity index (χ3v) is 5.47. The molecule has 1 atom stereocenters. The van der Waals surface area contributed by atoms with Gasteiger partial charge in [0.1, 0.15) is 6.04 Å². The molecule has 1 saturated heterocycles. The molecule has 0 saturated carbocycles. The second kappa shape index (κ2) is 10.1. The number of carbonyl (C=O) groups excluding carboxylic acids is 3. The number of carbonyl (C=O) groups is 3. The van der Waals surface area contributed by atoms with Gasteiger partial charge in [0.05, 0.1) is 0 Å². The minimum Gasteiger partial charge on any atom is -0.341 e. The minimum atomic E-state index is -0.590. The number of hydrogen-bond acceptors (Lipinski definition) is 3. The Hall–Kier alpha value is -3.15. The van der Waals surface area contributed by atoms with Gasteiger partial charge >= 0.3 is 0 Å². The van der Waals surface area contributed by atoms with Crippen LogP contribution in [0.1, 0.15) is 37.0 Å². The molecular formula is C24H29N3O3. The fourth-order valence-electron chi connectivity index (χ4n) is 3.65. The quantitative estimate of drug-likeness (QED) is 0.771. The Kier molecular flexibility index (Phi) is 7.22. The van der Waals surface area contributed by atoms with Gasteiger partial charge in [-0.2, -0.15) is 0 Å². The number of likely N-dealkylation sites (tertiary alicyclic amines) is 1. The van der Waals surface area contributed by atoms with Gasteiger partial charge in [-0.15, -0.1) is 0 Å². The lowest BCUT2D eigenvalue weighted by molar-refractivity contribution is -0.137. The van der Waals surface area contributed by atoms with Crippen molar-refractivity contribution in [3.63, 3.8) is 0 Å². The first-order valence-electron chi connectivity index (χ1n) is 10.5. The molecule has 2 aromatic carbocycles. The van der Waals surface area contributed by atoms with E-state index >= 15 is 0 Å². The SMILES string of the molecule is CC(C)C(NC(=O)c1ccccc1)C(=O)N1CCC(C(=O)Nc2ccccc2)CC1. The van der Waals surface area contributed by atoms with E-state index < -0.39 is 6.04 Å². The molecule has 1 fully saturated rings. The number of hydrogen-bond donors (Lipinski definition) is 2. The zero-order chi connectivity index (χ0) is 21.5. The molecule has 1 aliphatic heterocycles. The summed E-state index contributed by atoms with van der Waals surface area (Å²) in [6, 6.07) is 17.7. The molecule has 3 rings (SSSR count). The summed E-state index contributed by atoms with van der Waals surface area (Å²) >= 11 is 0. The molecule has 6 nitrogen and oxygen atoms in total. The van der Waals surface area contributed by atoms with Crippen molar-refractivity contribution in [2.45, 2.75) is 32.7 Å². The van der Waals surface area contributed by atoms with Crippen LogP contribution in [0.15, 0.2) is 60.7 Å². The van der Waals surface area contributed by atoms with Gasteiger partial charge < -0.3 is 15.5 Å². The van der Waals surface area contributed by atoms with Crippen molar-refractivity contribution in [2.75, 3.05) is 18.4 Å². The predicted molar refractivity (Wildman–Crippen MR) is 117 cm³/mol. The average Bonchev–Trinajstić information content (AvgIpc) is 2.78. The number of amides is 3. The third-order valence-electron chi connectivity index (χ3n) is 5.47.